The molecule has 0 radical (unpaired) electrons. The number of nitrogens with two attached hydrogens (primary N) is 2. The lowest BCUT2D eigenvalue weighted by Gasteiger charge is -2.37. The van der Waals surface area contributed by atoms with Crippen LogP contribution in [0.5, 0.6) is 0 Å². The average molecular weight is 413 g/mol. The normalized spacial score (nSPS) is 20.7. The van der Waals surface area contributed by atoms with Gasteiger partial charge in [0.2, 0.25) is 12.0 Å². The second-order valence-corrected chi connectivity index (χ2v) is 6.70. The molecule has 3 atom stereocenters. The minimum atomic E-state index is -1.61. The molecule has 11 nitrogen and oxygen atoms in total. The van der Waals surface area contributed by atoms with E-state index in [-0.39, 0.29) is 5.96 Å². The number of carbonyl (C=O) groups is 3. The lowest BCUT2D eigenvalue weighted by Crippen LogP contribution is -2.59. The van der Waals surface area contributed by atoms with E-state index in [1.165, 1.54) is 13.0 Å². The number of guanidine groups is 1. The molecule has 1 rings (SSSR count). The number of carbonyl (C=O) groups excluding carboxylic acids is 2. The molecule has 0 spiro atoms. The Labute approximate surface area is 170 Å². The molecular formula is C18H31N5O6. The third-order valence-corrected chi connectivity index (χ3v) is 4.22. The molecule has 1 aliphatic heterocycles. The largest absolute Gasteiger partial charge is 0.513 e. The highest BCUT2D eigenvalue weighted by molar-refractivity contribution is 5.84. The minimum Gasteiger partial charge on any atom is -0.449 e. The second-order valence-electron chi connectivity index (χ2n) is 6.70. The quantitative estimate of drug-likeness (QED) is 0.228. The van der Waals surface area contributed by atoms with E-state index in [9.17, 15) is 14.4 Å². The Bertz CT molecular complexity index is 639. The summed E-state index contributed by atoms with van der Waals surface area (Å²) in [6.07, 6.45) is 1.71. The number of nitrogens with one attached hydrogen (secondary N) is 1. The predicted octanol–water partition coefficient (Wildman–Crippen LogP) is 0.497. The van der Waals surface area contributed by atoms with Crippen molar-refractivity contribution in [3.63, 3.8) is 0 Å². The number of carboxylic acid groups (broad SMARTS) is 1. The summed E-state index contributed by atoms with van der Waals surface area (Å²) in [5.74, 6) is -1.53. The Morgan fingerprint density at radius 3 is 2.28 bits per heavy atom. The highest BCUT2D eigenvalue weighted by Crippen LogP contribution is 2.24. The average Bonchev–Trinajstić information content (AvgIpc) is 2.62. The van der Waals surface area contributed by atoms with Crippen LogP contribution in [-0.4, -0.2) is 65.2 Å². The van der Waals surface area contributed by atoms with Gasteiger partial charge in [-0.1, -0.05) is 26.7 Å². The van der Waals surface area contributed by atoms with E-state index >= 15 is 0 Å². The molecule has 0 aromatic rings. The molecule has 0 aromatic heterocycles. The van der Waals surface area contributed by atoms with E-state index in [4.69, 9.17) is 21.3 Å². The van der Waals surface area contributed by atoms with Crippen molar-refractivity contribution in [2.24, 2.45) is 16.5 Å². The molecule has 0 unspecified atom stereocenters. The fourth-order valence-corrected chi connectivity index (χ4v) is 2.90. The SMILES string of the molecule is CCCCN(CCCC)C(=O)[C@@H]1OC(OC(=O)O)=C[C@H](N=C(N)N)[C@H]1NC(C)=O. The van der Waals surface area contributed by atoms with Crippen LogP contribution in [0.2, 0.25) is 0 Å². The van der Waals surface area contributed by atoms with Gasteiger partial charge in [-0.2, -0.15) is 0 Å². The molecule has 0 saturated heterocycles. The van der Waals surface area contributed by atoms with Crippen molar-refractivity contribution in [2.75, 3.05) is 13.1 Å². The van der Waals surface area contributed by atoms with Crippen LogP contribution in [0.15, 0.2) is 17.0 Å². The number of hydrogen-bond acceptors (Lipinski definition) is 6. The Kier molecular flexibility index (Phi) is 9.76. The van der Waals surface area contributed by atoms with Crippen molar-refractivity contribution < 1.29 is 29.0 Å². The lowest BCUT2D eigenvalue weighted by molar-refractivity contribution is -0.149. The summed E-state index contributed by atoms with van der Waals surface area (Å²) in [5, 5.41) is 11.6. The first-order valence-electron chi connectivity index (χ1n) is 9.63. The molecular weight excluding hydrogens is 382 g/mol. The van der Waals surface area contributed by atoms with E-state index in [1.807, 2.05) is 13.8 Å². The summed E-state index contributed by atoms with van der Waals surface area (Å²) >= 11 is 0. The standard InChI is InChI=1S/C18H31N5O6/c1-4-6-8-23(9-7-5-2)16(25)15-14(21-11(3)24)12(22-17(19)20)10-13(28-15)29-18(26)27/h10,12,14-15H,4-9H2,1-3H3,(H,21,24)(H,26,27)(H4,19,20,22)/t12-,14+,15+/m0/s1. The highest BCUT2D eigenvalue weighted by Gasteiger charge is 2.43. The van der Waals surface area contributed by atoms with Crippen LogP contribution in [0.3, 0.4) is 0 Å². The fraction of sp³-hybridized carbons (Fsp3) is 0.667. The first kappa shape index (κ1) is 24.1. The molecule has 0 aliphatic carbocycles. The summed E-state index contributed by atoms with van der Waals surface area (Å²) in [5.41, 5.74) is 10.9. The monoisotopic (exact) mass is 413 g/mol. The van der Waals surface area contributed by atoms with Gasteiger partial charge in [0.15, 0.2) is 5.96 Å². The maximum Gasteiger partial charge on any atom is 0.513 e. The van der Waals surface area contributed by atoms with Crippen molar-refractivity contribution in [1.29, 1.82) is 0 Å². The van der Waals surface area contributed by atoms with Crippen LogP contribution in [-0.2, 0) is 19.1 Å². The molecule has 2 amide bonds. The number of nitrogens with zero attached hydrogens (tertiary/aromatic N) is 2. The molecule has 6 N–H and O–H groups in total. The third kappa shape index (κ3) is 7.88. The van der Waals surface area contributed by atoms with Gasteiger partial charge in [0.05, 0.1) is 0 Å². The van der Waals surface area contributed by atoms with Gasteiger partial charge < -0.3 is 36.3 Å². The van der Waals surface area contributed by atoms with Crippen LogP contribution in [0.4, 0.5) is 4.79 Å². The number of hydrogen-bond donors (Lipinski definition) is 4. The second kappa shape index (κ2) is 11.8. The summed E-state index contributed by atoms with van der Waals surface area (Å²) in [7, 11) is 0. The Morgan fingerprint density at radius 2 is 1.83 bits per heavy atom. The van der Waals surface area contributed by atoms with Gasteiger partial charge in [-0.15, -0.1) is 0 Å². The molecule has 0 bridgehead atoms. The topological polar surface area (TPSA) is 170 Å². The van der Waals surface area contributed by atoms with Gasteiger partial charge in [0, 0.05) is 26.1 Å². The van der Waals surface area contributed by atoms with Crippen molar-refractivity contribution in [3.05, 3.63) is 12.0 Å². The molecule has 1 heterocycles. The summed E-state index contributed by atoms with van der Waals surface area (Å²) in [6.45, 7) is 6.32. The van der Waals surface area contributed by atoms with Crippen LogP contribution < -0.4 is 16.8 Å². The summed E-state index contributed by atoms with van der Waals surface area (Å²) in [4.78, 5) is 41.6. The fourth-order valence-electron chi connectivity index (χ4n) is 2.90. The van der Waals surface area contributed by atoms with Gasteiger partial charge >= 0.3 is 6.16 Å². The Hall–Kier alpha value is -2.98. The van der Waals surface area contributed by atoms with E-state index in [0.717, 1.165) is 25.7 Å². The van der Waals surface area contributed by atoms with Gasteiger partial charge in [0.1, 0.15) is 12.1 Å². The maximum absolute atomic E-state index is 13.3. The maximum atomic E-state index is 13.3. The van der Waals surface area contributed by atoms with Crippen molar-refractivity contribution in [1.82, 2.24) is 10.2 Å². The first-order chi connectivity index (χ1) is 13.7. The molecule has 0 saturated carbocycles. The first-order valence-corrected chi connectivity index (χ1v) is 9.63. The molecule has 0 aromatic carbocycles. The van der Waals surface area contributed by atoms with Crippen molar-refractivity contribution in [3.8, 4) is 0 Å². The summed E-state index contributed by atoms with van der Waals surface area (Å²) < 4.78 is 10.1. The molecule has 164 valence electrons. The van der Waals surface area contributed by atoms with E-state index in [1.54, 1.807) is 4.90 Å². The smallest absolute Gasteiger partial charge is 0.449 e. The zero-order chi connectivity index (χ0) is 22.0. The number of amides is 2. The third-order valence-electron chi connectivity index (χ3n) is 4.22. The van der Waals surface area contributed by atoms with Crippen LogP contribution in [0.25, 0.3) is 0 Å². The van der Waals surface area contributed by atoms with E-state index < -0.39 is 42.1 Å². The summed E-state index contributed by atoms with van der Waals surface area (Å²) in [6, 6.07) is -1.88. The number of rotatable bonds is 10. The number of aliphatic imine (C=N–C) groups is 1. The molecule has 29 heavy (non-hydrogen) atoms. The van der Waals surface area contributed by atoms with Crippen LogP contribution >= 0.6 is 0 Å². The van der Waals surface area contributed by atoms with Crippen LogP contribution in [0, 0.1) is 0 Å². The van der Waals surface area contributed by atoms with E-state index in [2.05, 4.69) is 15.0 Å². The van der Waals surface area contributed by atoms with Crippen molar-refractivity contribution in [2.45, 2.75) is 64.6 Å². The molecule has 1 aliphatic rings. The molecule has 0 fully saturated rings. The predicted molar refractivity (Wildman–Crippen MR) is 106 cm³/mol. The Balaban J connectivity index is 3.28. The van der Waals surface area contributed by atoms with Gasteiger partial charge in [0.25, 0.3) is 11.9 Å². The van der Waals surface area contributed by atoms with Crippen LogP contribution in [0.1, 0.15) is 46.5 Å². The van der Waals surface area contributed by atoms with Gasteiger partial charge in [-0.25, -0.2) is 9.79 Å². The molecule has 11 heteroatoms. The van der Waals surface area contributed by atoms with Gasteiger partial charge in [-0.05, 0) is 12.8 Å². The Morgan fingerprint density at radius 1 is 1.24 bits per heavy atom. The number of ether oxygens (including phenoxy) is 2. The van der Waals surface area contributed by atoms with E-state index in [0.29, 0.717) is 13.1 Å². The minimum absolute atomic E-state index is 0.293. The zero-order valence-corrected chi connectivity index (χ0v) is 17.1. The highest BCUT2D eigenvalue weighted by atomic mass is 16.7. The number of unbranched alkanes of at least 4 members (excludes halogenated alkanes) is 2. The lowest BCUT2D eigenvalue weighted by atomic mass is 9.98. The van der Waals surface area contributed by atoms with Crippen molar-refractivity contribution >= 4 is 23.9 Å². The van der Waals surface area contributed by atoms with Gasteiger partial charge in [-0.3, -0.25) is 9.59 Å². The zero-order valence-electron chi connectivity index (χ0n) is 17.1.